The summed E-state index contributed by atoms with van der Waals surface area (Å²) in [6.45, 7) is 3.63. The fourth-order valence-corrected chi connectivity index (χ4v) is 2.73. The zero-order valence-corrected chi connectivity index (χ0v) is 9.67. The lowest BCUT2D eigenvalue weighted by Crippen LogP contribution is -2.03. The van der Waals surface area contributed by atoms with E-state index in [1.165, 1.54) is 0 Å². The molecule has 1 heterocycles. The minimum Gasteiger partial charge on any atom is -0.320 e. The standard InChI is InChI=1S/C7H7Br2NS/c1-2-5(10)6-3-4(8)7(9)11-6/h2-3,5H,1,10H2/t5-/m0/s1. The molecule has 1 aromatic heterocycles. The van der Waals surface area contributed by atoms with Gasteiger partial charge in [0.2, 0.25) is 0 Å². The second-order valence-corrected chi connectivity index (χ2v) is 5.29. The van der Waals surface area contributed by atoms with Gasteiger partial charge in [-0.25, -0.2) is 0 Å². The Morgan fingerprint density at radius 3 is 2.64 bits per heavy atom. The molecule has 60 valence electrons. The van der Waals surface area contributed by atoms with Crippen molar-refractivity contribution in [1.82, 2.24) is 0 Å². The lowest BCUT2D eigenvalue weighted by Gasteiger charge is -1.99. The minimum atomic E-state index is -0.0531. The molecule has 4 heteroatoms. The summed E-state index contributed by atoms with van der Waals surface area (Å²) in [6, 6.07) is 1.95. The summed E-state index contributed by atoms with van der Waals surface area (Å²) in [6.07, 6.45) is 1.73. The maximum atomic E-state index is 5.73. The Morgan fingerprint density at radius 2 is 2.27 bits per heavy atom. The molecule has 0 saturated carbocycles. The monoisotopic (exact) mass is 295 g/mol. The molecule has 0 fully saturated rings. The molecule has 0 radical (unpaired) electrons. The maximum Gasteiger partial charge on any atom is 0.0843 e. The minimum absolute atomic E-state index is 0.0531. The van der Waals surface area contributed by atoms with Gasteiger partial charge in [0.05, 0.1) is 9.83 Å². The second-order valence-electron chi connectivity index (χ2n) is 2.03. The number of hydrogen-bond acceptors (Lipinski definition) is 2. The Balaban J connectivity index is 2.96. The van der Waals surface area contributed by atoms with E-state index in [2.05, 4.69) is 38.4 Å². The molecule has 0 bridgehead atoms. The zero-order valence-electron chi connectivity index (χ0n) is 5.68. The van der Waals surface area contributed by atoms with Gasteiger partial charge in [0, 0.05) is 9.35 Å². The molecule has 1 rings (SSSR count). The highest BCUT2D eigenvalue weighted by Gasteiger charge is 2.07. The van der Waals surface area contributed by atoms with Crippen LogP contribution in [-0.2, 0) is 0 Å². The van der Waals surface area contributed by atoms with Gasteiger partial charge in [-0.05, 0) is 37.9 Å². The molecule has 0 aliphatic rings. The van der Waals surface area contributed by atoms with Crippen LogP contribution < -0.4 is 5.73 Å². The van der Waals surface area contributed by atoms with E-state index in [-0.39, 0.29) is 6.04 Å². The van der Waals surface area contributed by atoms with Gasteiger partial charge < -0.3 is 5.73 Å². The first kappa shape index (κ1) is 9.45. The Bertz CT molecular complexity index is 250. The van der Waals surface area contributed by atoms with Crippen LogP contribution in [0, 0.1) is 0 Å². The Kier molecular flexibility index (Phi) is 3.30. The third-order valence-electron chi connectivity index (χ3n) is 1.25. The van der Waals surface area contributed by atoms with Crippen LogP contribution >= 0.6 is 43.2 Å². The average Bonchev–Trinajstić information content (AvgIpc) is 2.31. The van der Waals surface area contributed by atoms with Gasteiger partial charge in [0.1, 0.15) is 0 Å². The first-order valence-electron chi connectivity index (χ1n) is 2.98. The Hall–Kier alpha value is 0.360. The number of hydrogen-bond donors (Lipinski definition) is 1. The fraction of sp³-hybridized carbons (Fsp3) is 0.143. The van der Waals surface area contributed by atoms with E-state index < -0.39 is 0 Å². The molecular formula is C7H7Br2NS. The molecule has 0 unspecified atom stereocenters. The highest BCUT2D eigenvalue weighted by Crippen LogP contribution is 2.34. The van der Waals surface area contributed by atoms with E-state index in [9.17, 15) is 0 Å². The normalized spacial score (nSPS) is 13.0. The number of rotatable bonds is 2. The van der Waals surface area contributed by atoms with Crippen molar-refractivity contribution in [2.75, 3.05) is 0 Å². The van der Waals surface area contributed by atoms with Crippen LogP contribution in [0.15, 0.2) is 27.0 Å². The molecular weight excluding hydrogens is 290 g/mol. The smallest absolute Gasteiger partial charge is 0.0843 e. The first-order valence-corrected chi connectivity index (χ1v) is 5.38. The van der Waals surface area contributed by atoms with Crippen molar-refractivity contribution in [1.29, 1.82) is 0 Å². The van der Waals surface area contributed by atoms with E-state index in [4.69, 9.17) is 5.73 Å². The summed E-state index contributed by atoms with van der Waals surface area (Å²) in [4.78, 5) is 1.11. The molecule has 0 aliphatic heterocycles. The van der Waals surface area contributed by atoms with E-state index >= 15 is 0 Å². The predicted octanol–water partition coefficient (Wildman–Crippen LogP) is 3.46. The SMILES string of the molecule is C=C[C@H](N)c1cc(Br)c(Br)s1. The summed E-state index contributed by atoms with van der Waals surface area (Å²) in [7, 11) is 0. The van der Waals surface area contributed by atoms with Crippen molar-refractivity contribution in [2.24, 2.45) is 5.73 Å². The van der Waals surface area contributed by atoms with E-state index in [1.54, 1.807) is 17.4 Å². The maximum absolute atomic E-state index is 5.73. The number of nitrogens with two attached hydrogens (primary N) is 1. The third kappa shape index (κ3) is 2.15. The predicted molar refractivity (Wildman–Crippen MR) is 56.8 cm³/mol. The van der Waals surface area contributed by atoms with Gasteiger partial charge in [0.25, 0.3) is 0 Å². The zero-order chi connectivity index (χ0) is 8.43. The summed E-state index contributed by atoms with van der Waals surface area (Å²) in [5.41, 5.74) is 5.73. The second kappa shape index (κ2) is 3.85. The van der Waals surface area contributed by atoms with Crippen LogP contribution in [0.3, 0.4) is 0 Å². The van der Waals surface area contributed by atoms with Crippen molar-refractivity contribution in [3.8, 4) is 0 Å². The molecule has 1 nitrogen and oxygen atoms in total. The van der Waals surface area contributed by atoms with Crippen molar-refractivity contribution in [3.63, 3.8) is 0 Å². The van der Waals surface area contributed by atoms with E-state index in [0.29, 0.717) is 0 Å². The van der Waals surface area contributed by atoms with Gasteiger partial charge in [-0.1, -0.05) is 6.08 Å². The van der Waals surface area contributed by atoms with Gasteiger partial charge in [-0.15, -0.1) is 17.9 Å². The average molecular weight is 297 g/mol. The van der Waals surface area contributed by atoms with Gasteiger partial charge in [-0.2, -0.15) is 0 Å². The largest absolute Gasteiger partial charge is 0.320 e. The molecule has 0 saturated heterocycles. The summed E-state index contributed by atoms with van der Waals surface area (Å²) in [5.74, 6) is 0. The topological polar surface area (TPSA) is 26.0 Å². The summed E-state index contributed by atoms with van der Waals surface area (Å²) < 4.78 is 2.12. The fourth-order valence-electron chi connectivity index (χ4n) is 0.644. The molecule has 1 atom stereocenters. The van der Waals surface area contributed by atoms with Crippen molar-refractivity contribution < 1.29 is 0 Å². The van der Waals surface area contributed by atoms with Crippen LogP contribution in [-0.4, -0.2) is 0 Å². The third-order valence-corrected chi connectivity index (χ3v) is 4.60. The van der Waals surface area contributed by atoms with Crippen LogP contribution in [0.2, 0.25) is 0 Å². The van der Waals surface area contributed by atoms with Crippen molar-refractivity contribution in [3.05, 3.63) is 31.9 Å². The van der Waals surface area contributed by atoms with Gasteiger partial charge in [0.15, 0.2) is 0 Å². The highest BCUT2D eigenvalue weighted by molar-refractivity contribution is 9.13. The van der Waals surface area contributed by atoms with Crippen LogP contribution in [0.4, 0.5) is 0 Å². The molecule has 0 amide bonds. The van der Waals surface area contributed by atoms with Gasteiger partial charge in [-0.3, -0.25) is 0 Å². The number of halogens is 2. The van der Waals surface area contributed by atoms with Crippen molar-refractivity contribution >= 4 is 43.2 Å². The quantitative estimate of drug-likeness (QED) is 0.831. The van der Waals surface area contributed by atoms with E-state index in [1.807, 2.05) is 6.07 Å². The summed E-state index contributed by atoms with van der Waals surface area (Å²) >= 11 is 8.40. The molecule has 1 aromatic rings. The van der Waals surface area contributed by atoms with Crippen LogP contribution in [0.1, 0.15) is 10.9 Å². The lowest BCUT2D eigenvalue weighted by molar-refractivity contribution is 0.939. The molecule has 0 spiro atoms. The molecule has 11 heavy (non-hydrogen) atoms. The molecule has 0 aromatic carbocycles. The Labute approximate surface area is 86.6 Å². The van der Waals surface area contributed by atoms with E-state index in [0.717, 1.165) is 13.1 Å². The lowest BCUT2D eigenvalue weighted by atomic mass is 10.2. The molecule has 0 aliphatic carbocycles. The van der Waals surface area contributed by atoms with Gasteiger partial charge >= 0.3 is 0 Å². The van der Waals surface area contributed by atoms with Crippen LogP contribution in [0.25, 0.3) is 0 Å². The molecule has 2 N–H and O–H groups in total. The highest BCUT2D eigenvalue weighted by atomic mass is 79.9. The van der Waals surface area contributed by atoms with Crippen molar-refractivity contribution in [2.45, 2.75) is 6.04 Å². The van der Waals surface area contributed by atoms with Crippen LogP contribution in [0.5, 0.6) is 0 Å². The Morgan fingerprint density at radius 1 is 1.64 bits per heavy atom. The number of thiophene rings is 1. The first-order chi connectivity index (χ1) is 5.15. The summed E-state index contributed by atoms with van der Waals surface area (Å²) in [5, 5.41) is 0.